The Bertz CT molecular complexity index is 1540. The molecule has 0 atom stereocenters. The Hall–Kier alpha value is -3.67. The molecule has 1 N–H and O–H groups in total. The fourth-order valence-corrected chi connectivity index (χ4v) is 5.84. The van der Waals surface area contributed by atoms with Crippen molar-refractivity contribution >= 4 is 22.7 Å². The van der Waals surface area contributed by atoms with E-state index < -0.39 is 47.3 Å². The summed E-state index contributed by atoms with van der Waals surface area (Å²) in [6.07, 6.45) is -0.985. The fourth-order valence-electron chi connectivity index (χ4n) is 5.84. The van der Waals surface area contributed by atoms with E-state index in [-0.39, 0.29) is 37.9 Å². The van der Waals surface area contributed by atoms with E-state index in [0.29, 0.717) is 34.9 Å². The second-order valence-electron chi connectivity index (χ2n) is 11.4. The highest BCUT2D eigenvalue weighted by atomic mass is 19.3. The van der Waals surface area contributed by atoms with Crippen LogP contribution in [-0.2, 0) is 17.6 Å². The summed E-state index contributed by atoms with van der Waals surface area (Å²) in [4.78, 5) is 26.6. The van der Waals surface area contributed by atoms with Crippen molar-refractivity contribution in [1.82, 2.24) is 5.32 Å². The third-order valence-electron chi connectivity index (χ3n) is 8.49. The molecule has 0 bridgehead atoms. The highest BCUT2D eigenvalue weighted by Crippen LogP contribution is 2.50. The summed E-state index contributed by atoms with van der Waals surface area (Å²) in [5, 5.41) is 12.8. The first-order valence-electron chi connectivity index (χ1n) is 13.1. The van der Waals surface area contributed by atoms with E-state index in [1.165, 1.54) is 6.07 Å². The Balaban J connectivity index is 1.25. The smallest absolute Gasteiger partial charge is 0.287 e. The average Bonchev–Trinajstić information content (AvgIpc) is 3.40. The zero-order valence-corrected chi connectivity index (χ0v) is 21.1. The van der Waals surface area contributed by atoms with E-state index in [9.17, 15) is 32.4 Å². The third kappa shape index (κ3) is 4.81. The SMILES string of the molecule is N#CC1(CC(=O)C2(NC(=O)c3cc4ccc(-c5ccc6c(c5)CC(F)(F)C6)cc4o3)CCC(F)(F)CC2)CC1. The normalized spacial score (nSPS) is 21.6. The molecule has 0 radical (unpaired) electrons. The quantitative estimate of drug-likeness (QED) is 0.351. The first-order valence-corrected chi connectivity index (χ1v) is 13.1. The van der Waals surface area contributed by atoms with Gasteiger partial charge >= 0.3 is 0 Å². The molecule has 0 unspecified atom stereocenters. The van der Waals surface area contributed by atoms with Crippen LogP contribution in [0.25, 0.3) is 22.1 Å². The number of nitrogens with zero attached hydrogens (tertiary/aromatic N) is 1. The van der Waals surface area contributed by atoms with Crippen molar-refractivity contribution in [2.24, 2.45) is 5.41 Å². The maximum atomic E-state index is 14.0. The number of carbonyl (C=O) groups excluding carboxylic acids is 2. The third-order valence-corrected chi connectivity index (χ3v) is 8.49. The molecular weight excluding hydrogens is 512 g/mol. The number of nitrogens with one attached hydrogen (secondary N) is 1. The second-order valence-corrected chi connectivity index (χ2v) is 11.4. The Morgan fingerprint density at radius 1 is 0.846 bits per heavy atom. The van der Waals surface area contributed by atoms with Crippen LogP contribution in [0.2, 0.25) is 0 Å². The van der Waals surface area contributed by atoms with Gasteiger partial charge in [0.15, 0.2) is 11.5 Å². The number of furan rings is 1. The number of benzene rings is 2. The number of Topliss-reactive ketones (excluding diaryl/α,β-unsaturated/α-hetero) is 1. The lowest BCUT2D eigenvalue weighted by Crippen LogP contribution is -2.58. The number of carbonyl (C=O) groups is 2. The van der Waals surface area contributed by atoms with Crippen LogP contribution in [0.4, 0.5) is 17.6 Å². The molecule has 2 aromatic carbocycles. The number of amides is 1. The van der Waals surface area contributed by atoms with Gasteiger partial charge in [-0.15, -0.1) is 0 Å². The standard InChI is InChI=1S/C30H26F4N2O3/c31-29(32)9-7-28(8-10-29,25(37)16-27(17-35)5-6-27)36-26(38)24-13-20-3-1-19(12-23(20)39-24)18-2-4-21-14-30(33,34)15-22(21)11-18/h1-4,11-13H,5-10,14-16H2,(H,36,38). The maximum Gasteiger partial charge on any atom is 0.287 e. The number of nitriles is 1. The lowest BCUT2D eigenvalue weighted by atomic mass is 9.74. The van der Waals surface area contributed by atoms with Gasteiger partial charge in [-0.2, -0.15) is 5.26 Å². The first-order chi connectivity index (χ1) is 18.4. The topological polar surface area (TPSA) is 83.1 Å². The average molecular weight is 539 g/mol. The molecule has 9 heteroatoms. The van der Waals surface area contributed by atoms with Crippen molar-refractivity contribution < 1.29 is 31.6 Å². The minimum absolute atomic E-state index is 0.0679. The van der Waals surface area contributed by atoms with Gasteiger partial charge in [0.05, 0.1) is 17.0 Å². The molecule has 0 saturated heterocycles. The van der Waals surface area contributed by atoms with E-state index >= 15 is 0 Å². The lowest BCUT2D eigenvalue weighted by molar-refractivity contribution is -0.131. The zero-order chi connectivity index (χ0) is 27.6. The van der Waals surface area contributed by atoms with Gasteiger partial charge in [-0.1, -0.05) is 30.3 Å². The summed E-state index contributed by atoms with van der Waals surface area (Å²) in [6.45, 7) is 0. The van der Waals surface area contributed by atoms with Crippen molar-refractivity contribution in [3.05, 3.63) is 59.4 Å². The highest BCUT2D eigenvalue weighted by Gasteiger charge is 2.53. The first kappa shape index (κ1) is 25.6. The monoisotopic (exact) mass is 538 g/mol. The molecule has 3 aromatic rings. The van der Waals surface area contributed by atoms with Crippen molar-refractivity contribution in [3.8, 4) is 17.2 Å². The van der Waals surface area contributed by atoms with Crippen molar-refractivity contribution in [2.75, 3.05) is 0 Å². The number of halogens is 4. The molecule has 39 heavy (non-hydrogen) atoms. The van der Waals surface area contributed by atoms with E-state index in [4.69, 9.17) is 4.42 Å². The van der Waals surface area contributed by atoms with Gasteiger partial charge in [-0.05, 0) is 60.1 Å². The van der Waals surface area contributed by atoms with Crippen LogP contribution >= 0.6 is 0 Å². The highest BCUT2D eigenvalue weighted by molar-refractivity contribution is 6.01. The van der Waals surface area contributed by atoms with Crippen LogP contribution in [0, 0.1) is 16.7 Å². The molecule has 1 amide bonds. The van der Waals surface area contributed by atoms with Gasteiger partial charge < -0.3 is 9.73 Å². The summed E-state index contributed by atoms with van der Waals surface area (Å²) in [7, 11) is 0. The minimum Gasteiger partial charge on any atom is -0.451 e. The molecular formula is C30H26F4N2O3. The summed E-state index contributed by atoms with van der Waals surface area (Å²) in [5.41, 5.74) is 0.854. The number of rotatable bonds is 6. The molecule has 5 nitrogen and oxygen atoms in total. The van der Waals surface area contributed by atoms with E-state index in [2.05, 4.69) is 11.4 Å². The zero-order valence-electron chi connectivity index (χ0n) is 21.1. The Morgan fingerprint density at radius 3 is 2.21 bits per heavy atom. The van der Waals surface area contributed by atoms with Crippen molar-refractivity contribution in [1.29, 1.82) is 5.26 Å². The molecule has 3 aliphatic rings. The summed E-state index contributed by atoms with van der Waals surface area (Å²) < 4.78 is 61.4. The van der Waals surface area contributed by atoms with Crippen LogP contribution in [-0.4, -0.2) is 29.1 Å². The number of fused-ring (bicyclic) bond motifs is 2. The van der Waals surface area contributed by atoms with E-state index in [1.807, 2.05) is 0 Å². The molecule has 2 saturated carbocycles. The molecule has 2 fully saturated rings. The molecule has 202 valence electrons. The Labute approximate surface area is 222 Å². The van der Waals surface area contributed by atoms with Gasteiger partial charge in [0.2, 0.25) is 5.92 Å². The predicted octanol–water partition coefficient (Wildman–Crippen LogP) is 6.77. The van der Waals surface area contributed by atoms with Crippen LogP contribution in [0.1, 0.15) is 66.6 Å². The molecule has 1 aromatic heterocycles. The van der Waals surface area contributed by atoms with Crippen LogP contribution < -0.4 is 5.32 Å². The number of ketones is 1. The van der Waals surface area contributed by atoms with Crippen LogP contribution in [0.15, 0.2) is 46.9 Å². The summed E-state index contributed by atoms with van der Waals surface area (Å²) in [6, 6.07) is 14.2. The molecule has 0 spiro atoms. The maximum absolute atomic E-state index is 14.0. The van der Waals surface area contributed by atoms with E-state index in [1.54, 1.807) is 36.4 Å². The Kier molecular flexibility index (Phi) is 5.69. The van der Waals surface area contributed by atoms with Gasteiger partial charge in [0.25, 0.3) is 11.8 Å². The number of alkyl halides is 4. The van der Waals surface area contributed by atoms with Crippen molar-refractivity contribution in [2.45, 2.75) is 75.2 Å². The molecule has 0 aliphatic heterocycles. The molecule has 6 rings (SSSR count). The Morgan fingerprint density at radius 2 is 1.51 bits per heavy atom. The van der Waals surface area contributed by atoms with Gasteiger partial charge in [0, 0.05) is 37.5 Å². The molecule has 3 aliphatic carbocycles. The largest absolute Gasteiger partial charge is 0.451 e. The number of hydrogen-bond acceptors (Lipinski definition) is 4. The summed E-state index contributed by atoms with van der Waals surface area (Å²) in [5.74, 6) is -6.81. The predicted molar refractivity (Wildman–Crippen MR) is 135 cm³/mol. The second kappa shape index (κ2) is 8.67. The molecule has 1 heterocycles. The van der Waals surface area contributed by atoms with Crippen LogP contribution in [0.3, 0.4) is 0 Å². The van der Waals surface area contributed by atoms with Gasteiger partial charge in [-0.3, -0.25) is 9.59 Å². The number of hydrogen-bond donors (Lipinski definition) is 1. The van der Waals surface area contributed by atoms with Crippen molar-refractivity contribution in [3.63, 3.8) is 0 Å². The van der Waals surface area contributed by atoms with Gasteiger partial charge in [-0.25, -0.2) is 17.6 Å². The van der Waals surface area contributed by atoms with Gasteiger partial charge in [0.1, 0.15) is 5.58 Å². The van der Waals surface area contributed by atoms with Crippen LogP contribution in [0.5, 0.6) is 0 Å². The summed E-state index contributed by atoms with van der Waals surface area (Å²) >= 11 is 0. The lowest BCUT2D eigenvalue weighted by Gasteiger charge is -2.39. The minimum atomic E-state index is -2.91. The van der Waals surface area contributed by atoms with E-state index in [0.717, 1.165) is 11.1 Å². The fraction of sp³-hybridized carbons (Fsp3) is 0.433.